The van der Waals surface area contributed by atoms with Gasteiger partial charge in [-0.15, -0.1) is 0 Å². The molecule has 8 rings (SSSR count). The van der Waals surface area contributed by atoms with Crippen LogP contribution in [0.25, 0.3) is 0 Å². The Hall–Kier alpha value is -6.24. The number of methoxy groups -OCH3 is 2. The smallest absolute Gasteiger partial charge is 0.257 e. The Morgan fingerprint density at radius 2 is 1.30 bits per heavy atom. The molecule has 0 aliphatic carbocycles. The third kappa shape index (κ3) is 6.44. The highest BCUT2D eigenvalue weighted by atomic mass is 16.5. The summed E-state index contributed by atoms with van der Waals surface area (Å²) in [5.41, 5.74) is 11.3. The number of carbonyl (C=O) groups is 4. The van der Waals surface area contributed by atoms with Crippen molar-refractivity contribution >= 4 is 40.7 Å². The molecule has 13 nitrogen and oxygen atoms in total. The van der Waals surface area contributed by atoms with E-state index in [1.807, 2.05) is 49.4 Å². The van der Waals surface area contributed by atoms with Crippen LogP contribution in [-0.4, -0.2) is 86.5 Å². The van der Waals surface area contributed by atoms with Gasteiger partial charge in [0.2, 0.25) is 5.91 Å². The van der Waals surface area contributed by atoms with E-state index in [9.17, 15) is 19.2 Å². The molecule has 0 bridgehead atoms. The first-order chi connectivity index (χ1) is 27.4. The molecule has 0 radical (unpaired) electrons. The zero-order chi connectivity index (χ0) is 40.2. The van der Waals surface area contributed by atoms with Crippen molar-refractivity contribution in [2.75, 3.05) is 57.1 Å². The third-order valence-electron chi connectivity index (χ3n) is 11.9. The third-order valence-corrected chi connectivity index (χ3v) is 11.9. The predicted molar refractivity (Wildman–Crippen MR) is 214 cm³/mol. The fraction of sp³-hybridized carbons (Fsp3) is 0.364. The molecule has 0 fully saturated rings. The molecule has 13 heteroatoms. The maximum absolute atomic E-state index is 14.1. The summed E-state index contributed by atoms with van der Waals surface area (Å²) in [5, 5.41) is 0. The fourth-order valence-electron chi connectivity index (χ4n) is 8.62. The summed E-state index contributed by atoms with van der Waals surface area (Å²) in [4.78, 5) is 62.2. The van der Waals surface area contributed by atoms with E-state index in [1.165, 1.54) is 19.1 Å². The van der Waals surface area contributed by atoms with E-state index in [1.54, 1.807) is 53.1 Å². The second kappa shape index (κ2) is 14.7. The molecule has 4 aliphatic heterocycles. The lowest BCUT2D eigenvalue weighted by Crippen LogP contribution is -2.60. The SMILES string of the molecule is COc1cc2c(cc1OCCCCCOc1cc3c(cc1OC)C(=O)N1Cc4ccccc4C[C@@]1(C)C(=O)N3C)N(C)C(=O)[C@@H]1Cc3ccc(N)cc3CN1C2=O. The van der Waals surface area contributed by atoms with E-state index in [0.29, 0.717) is 96.6 Å². The van der Waals surface area contributed by atoms with Gasteiger partial charge in [-0.1, -0.05) is 30.3 Å². The first-order valence-electron chi connectivity index (χ1n) is 19.3. The molecule has 0 spiro atoms. The number of nitrogens with zero attached hydrogens (tertiary/aromatic N) is 4. The number of carbonyl (C=O) groups excluding carboxylic acids is 4. The average molecular weight is 774 g/mol. The van der Waals surface area contributed by atoms with Crippen molar-refractivity contribution < 1.29 is 38.1 Å². The molecule has 57 heavy (non-hydrogen) atoms. The van der Waals surface area contributed by atoms with Gasteiger partial charge in [0.15, 0.2) is 23.0 Å². The van der Waals surface area contributed by atoms with E-state index < -0.39 is 11.6 Å². The zero-order valence-electron chi connectivity index (χ0n) is 32.9. The molecule has 296 valence electrons. The van der Waals surface area contributed by atoms with Crippen molar-refractivity contribution in [3.8, 4) is 23.0 Å². The molecule has 4 aromatic rings. The Kier molecular flexibility index (Phi) is 9.70. The predicted octanol–water partition coefficient (Wildman–Crippen LogP) is 5.39. The lowest BCUT2D eigenvalue weighted by Gasteiger charge is -2.43. The minimum Gasteiger partial charge on any atom is -0.493 e. The second-order valence-corrected chi connectivity index (χ2v) is 15.4. The molecule has 0 aromatic heterocycles. The van der Waals surface area contributed by atoms with Crippen molar-refractivity contribution in [2.45, 2.75) is 63.7 Å². The normalized spacial score (nSPS) is 19.7. The molecule has 4 aliphatic rings. The highest BCUT2D eigenvalue weighted by Gasteiger charge is 2.50. The summed E-state index contributed by atoms with van der Waals surface area (Å²) in [6.07, 6.45) is 2.99. The van der Waals surface area contributed by atoms with Crippen LogP contribution in [0.1, 0.15) is 69.2 Å². The maximum Gasteiger partial charge on any atom is 0.257 e. The summed E-state index contributed by atoms with van der Waals surface area (Å²) in [6, 6.07) is 19.7. The molecule has 0 saturated heterocycles. The van der Waals surface area contributed by atoms with Crippen molar-refractivity contribution in [3.63, 3.8) is 0 Å². The summed E-state index contributed by atoms with van der Waals surface area (Å²) >= 11 is 0. The highest BCUT2D eigenvalue weighted by molar-refractivity contribution is 6.13. The zero-order valence-corrected chi connectivity index (χ0v) is 32.9. The fourth-order valence-corrected chi connectivity index (χ4v) is 8.62. The van der Waals surface area contributed by atoms with Crippen LogP contribution in [0.4, 0.5) is 17.1 Å². The largest absolute Gasteiger partial charge is 0.493 e. The van der Waals surface area contributed by atoms with Crippen LogP contribution < -0.4 is 34.5 Å². The van der Waals surface area contributed by atoms with Crippen LogP contribution in [0.3, 0.4) is 0 Å². The molecule has 4 heterocycles. The van der Waals surface area contributed by atoms with E-state index in [2.05, 4.69) is 0 Å². The molecule has 0 unspecified atom stereocenters. The van der Waals surface area contributed by atoms with Gasteiger partial charge in [-0.3, -0.25) is 19.2 Å². The number of amides is 4. The molecule has 4 amide bonds. The Morgan fingerprint density at radius 3 is 1.95 bits per heavy atom. The number of hydrogen-bond donors (Lipinski definition) is 1. The maximum atomic E-state index is 14.1. The van der Waals surface area contributed by atoms with Gasteiger partial charge in [0.05, 0.1) is 49.9 Å². The minimum absolute atomic E-state index is 0.163. The Labute approximate surface area is 331 Å². The van der Waals surface area contributed by atoms with Gasteiger partial charge in [-0.05, 0) is 72.7 Å². The molecule has 4 aromatic carbocycles. The van der Waals surface area contributed by atoms with E-state index in [-0.39, 0.29) is 30.2 Å². The summed E-state index contributed by atoms with van der Waals surface area (Å²) < 4.78 is 23.7. The molecule has 0 saturated carbocycles. The lowest BCUT2D eigenvalue weighted by molar-refractivity contribution is -0.128. The standard InChI is InChI=1S/C44H47N5O8/c1-44-23-27-11-7-8-12-28(27)25-49(44)41(51)32-20-37(55-5)39(22-34(32)47(3)43(44)53)57-16-10-6-9-15-56-38-21-33-31(19-36(38)54-4)40(50)48-24-29-17-30(45)14-13-26(29)18-35(48)42(52)46(33)2/h7-8,11-14,17,19-22,35H,6,9-10,15-16,18,23-25,45H2,1-5H3/t35-,44-/m0/s1. The highest BCUT2D eigenvalue weighted by Crippen LogP contribution is 2.44. The second-order valence-electron chi connectivity index (χ2n) is 15.4. The summed E-state index contributed by atoms with van der Waals surface area (Å²) in [6.45, 7) is 3.20. The van der Waals surface area contributed by atoms with Crippen LogP contribution >= 0.6 is 0 Å². The summed E-state index contributed by atoms with van der Waals surface area (Å²) in [7, 11) is 6.44. The number of unbranched alkanes of at least 4 members (excludes halogenated alkanes) is 2. The van der Waals surface area contributed by atoms with Gasteiger partial charge >= 0.3 is 0 Å². The molecular weight excluding hydrogens is 727 g/mol. The van der Waals surface area contributed by atoms with Gasteiger partial charge in [0, 0.05) is 57.8 Å². The van der Waals surface area contributed by atoms with Gasteiger partial charge in [0.1, 0.15) is 11.6 Å². The number of hydrogen-bond acceptors (Lipinski definition) is 9. The monoisotopic (exact) mass is 773 g/mol. The van der Waals surface area contributed by atoms with Gasteiger partial charge in [0.25, 0.3) is 17.7 Å². The van der Waals surface area contributed by atoms with E-state index in [4.69, 9.17) is 24.7 Å². The first kappa shape index (κ1) is 37.7. The van der Waals surface area contributed by atoms with Crippen molar-refractivity contribution in [3.05, 3.63) is 100 Å². The van der Waals surface area contributed by atoms with Crippen LogP contribution in [0, 0.1) is 0 Å². The Bertz CT molecular complexity index is 2310. The number of nitrogens with two attached hydrogens (primary N) is 1. The quantitative estimate of drug-likeness (QED) is 0.166. The van der Waals surface area contributed by atoms with Crippen molar-refractivity contribution in [1.82, 2.24) is 9.80 Å². The van der Waals surface area contributed by atoms with Crippen LogP contribution in [0.5, 0.6) is 23.0 Å². The van der Waals surface area contributed by atoms with E-state index >= 15 is 0 Å². The van der Waals surface area contributed by atoms with Crippen LogP contribution in [-0.2, 0) is 35.5 Å². The van der Waals surface area contributed by atoms with Crippen molar-refractivity contribution in [1.29, 1.82) is 0 Å². The first-order valence-corrected chi connectivity index (χ1v) is 19.3. The molecule has 2 atom stereocenters. The number of rotatable bonds is 10. The van der Waals surface area contributed by atoms with Gasteiger partial charge < -0.3 is 44.3 Å². The minimum atomic E-state index is -1.04. The number of benzene rings is 4. The number of ether oxygens (including phenoxy) is 4. The average Bonchev–Trinajstić information content (AvgIpc) is 3.32. The number of likely N-dealkylation sites (N-methyl/N-ethyl adjacent to an activating group) is 2. The van der Waals surface area contributed by atoms with E-state index in [0.717, 1.165) is 28.7 Å². The number of nitrogen functional groups attached to an aromatic ring is 1. The Morgan fingerprint density at radius 1 is 0.684 bits per heavy atom. The summed E-state index contributed by atoms with van der Waals surface area (Å²) in [5.74, 6) is 0.878. The number of anilines is 3. The molecular formula is C44H47N5O8. The lowest BCUT2D eigenvalue weighted by atomic mass is 9.83. The topological polar surface area (TPSA) is 144 Å². The Balaban J connectivity index is 0.904. The van der Waals surface area contributed by atoms with Crippen LogP contribution in [0.15, 0.2) is 66.7 Å². The van der Waals surface area contributed by atoms with Gasteiger partial charge in [-0.25, -0.2) is 0 Å². The molecule has 2 N–H and O–H groups in total. The number of fused-ring (bicyclic) bond motifs is 6. The van der Waals surface area contributed by atoms with Crippen LogP contribution in [0.2, 0.25) is 0 Å². The van der Waals surface area contributed by atoms with Crippen molar-refractivity contribution in [2.24, 2.45) is 0 Å². The van der Waals surface area contributed by atoms with Gasteiger partial charge in [-0.2, -0.15) is 0 Å².